The van der Waals surface area contributed by atoms with E-state index in [0.29, 0.717) is 12.1 Å². The Hall–Kier alpha value is -2.79. The molecule has 1 heterocycles. The number of benzene rings is 2. The molecule has 0 atom stereocenters. The first-order chi connectivity index (χ1) is 14.5. The van der Waals surface area contributed by atoms with Gasteiger partial charge in [-0.3, -0.25) is 0 Å². The van der Waals surface area contributed by atoms with Gasteiger partial charge in [-0.2, -0.15) is 13.2 Å². The first kappa shape index (κ1) is 22.9. The van der Waals surface area contributed by atoms with Gasteiger partial charge in [-0.25, -0.2) is 18.4 Å². The number of sulfonamides is 1. The van der Waals surface area contributed by atoms with Gasteiger partial charge < -0.3 is 15.5 Å². The van der Waals surface area contributed by atoms with Crippen molar-refractivity contribution in [2.24, 2.45) is 5.14 Å². The number of nitrogens with zero attached hydrogens (tertiary/aromatic N) is 1. The second-order valence-corrected chi connectivity index (χ2v) is 8.81. The van der Waals surface area contributed by atoms with Crippen LogP contribution < -0.4 is 20.7 Å². The number of halogens is 3. The Morgan fingerprint density at radius 2 is 1.71 bits per heavy atom. The van der Waals surface area contributed by atoms with Crippen LogP contribution in [0.5, 0.6) is 0 Å². The predicted octanol–water partition coefficient (Wildman–Crippen LogP) is 3.32. The lowest BCUT2D eigenvalue weighted by molar-refractivity contribution is -0.137. The van der Waals surface area contributed by atoms with E-state index in [9.17, 15) is 26.4 Å². The van der Waals surface area contributed by atoms with E-state index in [4.69, 9.17) is 5.14 Å². The van der Waals surface area contributed by atoms with Gasteiger partial charge >= 0.3 is 12.2 Å². The van der Waals surface area contributed by atoms with E-state index in [1.165, 1.54) is 18.2 Å². The maximum absolute atomic E-state index is 13.1. The van der Waals surface area contributed by atoms with Crippen LogP contribution in [0.15, 0.2) is 47.4 Å². The molecule has 0 saturated carbocycles. The summed E-state index contributed by atoms with van der Waals surface area (Å²) in [7, 11) is -3.78. The van der Waals surface area contributed by atoms with Gasteiger partial charge in [0.15, 0.2) is 0 Å². The van der Waals surface area contributed by atoms with Crippen LogP contribution >= 0.6 is 0 Å². The van der Waals surface area contributed by atoms with Crippen molar-refractivity contribution in [1.29, 1.82) is 0 Å². The molecule has 1 fully saturated rings. The molecule has 0 bridgehead atoms. The summed E-state index contributed by atoms with van der Waals surface area (Å²) in [6, 6.07) is 8.62. The summed E-state index contributed by atoms with van der Waals surface area (Å²) in [4.78, 5) is 14.2. The van der Waals surface area contributed by atoms with Crippen molar-refractivity contribution in [3.8, 4) is 0 Å². The first-order valence-corrected chi connectivity index (χ1v) is 11.2. The van der Waals surface area contributed by atoms with Gasteiger partial charge in [-0.1, -0.05) is 12.1 Å². The Kier molecular flexibility index (Phi) is 6.75. The Morgan fingerprint density at radius 3 is 2.29 bits per heavy atom. The van der Waals surface area contributed by atoms with Crippen molar-refractivity contribution in [1.82, 2.24) is 5.32 Å². The minimum Gasteiger partial charge on any atom is -0.370 e. The van der Waals surface area contributed by atoms with Crippen molar-refractivity contribution in [3.63, 3.8) is 0 Å². The van der Waals surface area contributed by atoms with Gasteiger partial charge in [0.2, 0.25) is 10.0 Å². The summed E-state index contributed by atoms with van der Waals surface area (Å²) in [5.74, 6) is 0. The van der Waals surface area contributed by atoms with E-state index < -0.39 is 27.8 Å². The number of nitrogens with one attached hydrogen (secondary N) is 2. The van der Waals surface area contributed by atoms with E-state index in [-0.39, 0.29) is 17.1 Å². The average molecular weight is 456 g/mol. The van der Waals surface area contributed by atoms with Gasteiger partial charge in [0.25, 0.3) is 0 Å². The zero-order valence-electron chi connectivity index (χ0n) is 16.6. The number of alkyl halides is 3. The van der Waals surface area contributed by atoms with Crippen LogP contribution in [0.1, 0.15) is 24.0 Å². The van der Waals surface area contributed by atoms with Crippen LogP contribution in [0.2, 0.25) is 0 Å². The highest BCUT2D eigenvalue weighted by molar-refractivity contribution is 7.89. The van der Waals surface area contributed by atoms with Crippen LogP contribution in [0.4, 0.5) is 29.3 Å². The Labute approximate surface area is 178 Å². The second-order valence-electron chi connectivity index (χ2n) is 7.24. The zero-order valence-corrected chi connectivity index (χ0v) is 17.4. The summed E-state index contributed by atoms with van der Waals surface area (Å²) in [5.41, 5.74) is 0.594. The summed E-state index contributed by atoms with van der Waals surface area (Å²) >= 11 is 0. The van der Waals surface area contributed by atoms with Crippen molar-refractivity contribution in [3.05, 3.63) is 53.6 Å². The highest BCUT2D eigenvalue weighted by Crippen LogP contribution is 2.36. The lowest BCUT2D eigenvalue weighted by Crippen LogP contribution is -2.31. The minimum atomic E-state index is -4.51. The number of primary sulfonamides is 1. The molecule has 168 valence electrons. The molecule has 1 aliphatic rings. The summed E-state index contributed by atoms with van der Waals surface area (Å²) < 4.78 is 61.9. The summed E-state index contributed by atoms with van der Waals surface area (Å²) in [6.45, 7) is 1.64. The number of anilines is 2. The van der Waals surface area contributed by atoms with Crippen LogP contribution in [0.25, 0.3) is 0 Å². The fourth-order valence-corrected chi connectivity index (χ4v) is 3.89. The summed E-state index contributed by atoms with van der Waals surface area (Å²) in [6.07, 6.45) is -2.23. The van der Waals surface area contributed by atoms with Crippen molar-refractivity contribution < 1.29 is 26.4 Å². The number of hydrogen-bond acceptors (Lipinski definition) is 4. The maximum atomic E-state index is 13.1. The van der Waals surface area contributed by atoms with Crippen LogP contribution in [-0.4, -0.2) is 34.1 Å². The Morgan fingerprint density at radius 1 is 1.06 bits per heavy atom. The molecule has 1 aliphatic heterocycles. The molecular formula is C20H23F3N4O3S. The van der Waals surface area contributed by atoms with E-state index in [1.807, 2.05) is 4.90 Å². The molecule has 3 rings (SSSR count). The molecule has 0 aromatic heterocycles. The SMILES string of the molecule is NS(=O)(=O)c1ccc(CCNC(=O)Nc2cc(C(F)(F)F)ccc2N2CCCC2)cc1. The standard InChI is InChI=1S/C20H23F3N4O3S/c21-20(22,23)15-5-8-18(27-11-1-2-12-27)17(13-15)26-19(28)25-10-9-14-3-6-16(7-4-14)31(24,29)30/h3-8,13H,1-2,9-12H2,(H2,24,29,30)(H2,25,26,28). The highest BCUT2D eigenvalue weighted by Gasteiger charge is 2.32. The van der Waals surface area contributed by atoms with Gasteiger partial charge in [-0.05, 0) is 55.2 Å². The fourth-order valence-electron chi connectivity index (χ4n) is 3.38. The third-order valence-corrected chi connectivity index (χ3v) is 5.90. The number of rotatable bonds is 6. The van der Waals surface area contributed by atoms with Crippen LogP contribution in [-0.2, 0) is 22.6 Å². The molecule has 4 N–H and O–H groups in total. The molecular weight excluding hydrogens is 433 g/mol. The molecule has 2 aromatic carbocycles. The molecule has 0 radical (unpaired) electrons. The minimum absolute atomic E-state index is 0.0130. The topological polar surface area (TPSA) is 105 Å². The molecule has 0 unspecified atom stereocenters. The molecule has 0 spiro atoms. The van der Waals surface area contributed by atoms with Gasteiger partial charge in [0, 0.05) is 19.6 Å². The van der Waals surface area contributed by atoms with E-state index >= 15 is 0 Å². The second kappa shape index (κ2) is 9.15. The zero-order chi connectivity index (χ0) is 22.6. The van der Waals surface area contributed by atoms with Crippen molar-refractivity contribution >= 4 is 27.4 Å². The monoisotopic (exact) mass is 456 g/mol. The van der Waals surface area contributed by atoms with Gasteiger partial charge in [0.1, 0.15) is 0 Å². The third kappa shape index (κ3) is 6.11. The lowest BCUT2D eigenvalue weighted by Gasteiger charge is -2.23. The molecule has 1 saturated heterocycles. The van der Waals surface area contributed by atoms with Crippen molar-refractivity contribution in [2.75, 3.05) is 29.9 Å². The van der Waals surface area contributed by atoms with E-state index in [2.05, 4.69) is 10.6 Å². The molecule has 31 heavy (non-hydrogen) atoms. The number of urea groups is 1. The smallest absolute Gasteiger partial charge is 0.370 e. The van der Waals surface area contributed by atoms with E-state index in [0.717, 1.165) is 43.6 Å². The largest absolute Gasteiger partial charge is 0.416 e. The van der Waals surface area contributed by atoms with Gasteiger partial charge in [0.05, 0.1) is 21.8 Å². The summed E-state index contributed by atoms with van der Waals surface area (Å²) in [5, 5.41) is 10.2. The molecule has 11 heteroatoms. The van der Waals surface area contributed by atoms with Crippen LogP contribution in [0, 0.1) is 0 Å². The number of carbonyl (C=O) groups is 1. The first-order valence-electron chi connectivity index (χ1n) is 9.67. The highest BCUT2D eigenvalue weighted by atomic mass is 32.2. The maximum Gasteiger partial charge on any atom is 0.416 e. The molecule has 2 amide bonds. The number of nitrogens with two attached hydrogens (primary N) is 1. The van der Waals surface area contributed by atoms with Gasteiger partial charge in [-0.15, -0.1) is 0 Å². The lowest BCUT2D eigenvalue weighted by atomic mass is 10.1. The normalized spacial score (nSPS) is 14.5. The fraction of sp³-hybridized carbons (Fsp3) is 0.350. The average Bonchev–Trinajstić information content (AvgIpc) is 3.21. The Balaban J connectivity index is 1.63. The molecule has 0 aliphatic carbocycles. The predicted molar refractivity (Wildman–Crippen MR) is 111 cm³/mol. The van der Waals surface area contributed by atoms with E-state index in [1.54, 1.807) is 12.1 Å². The Bertz CT molecular complexity index is 1030. The number of carbonyl (C=O) groups excluding carboxylic acids is 1. The van der Waals surface area contributed by atoms with Crippen LogP contribution in [0.3, 0.4) is 0 Å². The van der Waals surface area contributed by atoms with Crippen molar-refractivity contribution in [2.45, 2.75) is 30.3 Å². The number of amides is 2. The third-order valence-electron chi connectivity index (χ3n) is 4.97. The number of hydrogen-bond donors (Lipinski definition) is 3. The quantitative estimate of drug-likeness (QED) is 0.620. The molecule has 7 nitrogen and oxygen atoms in total. The molecule has 2 aromatic rings.